The molecule has 0 aliphatic heterocycles. The van der Waals surface area contributed by atoms with Crippen molar-refractivity contribution in [2.75, 3.05) is 0 Å². The molecule has 74 valence electrons. The Kier molecular flexibility index (Phi) is 6.21. The maximum atomic E-state index is 5.89. The first-order valence-corrected chi connectivity index (χ1v) is 5.43. The molecule has 0 saturated heterocycles. The number of hydrogen-bond acceptors (Lipinski definition) is 1. The summed E-state index contributed by atoms with van der Waals surface area (Å²) in [7, 11) is 0. The van der Waals surface area contributed by atoms with Crippen LogP contribution in [-0.2, 0) is 0 Å². The molecule has 1 aromatic rings. The smallest absolute Gasteiger partial charge is 0.0292 e. The third-order valence-electron chi connectivity index (χ3n) is 1.75. The minimum atomic E-state index is 0. The normalized spacial score (nSPS) is 12.0. The summed E-state index contributed by atoms with van der Waals surface area (Å²) in [6.07, 6.45) is 0.961. The fourth-order valence-corrected chi connectivity index (χ4v) is 2.35. The van der Waals surface area contributed by atoms with Crippen molar-refractivity contribution in [3.05, 3.63) is 32.7 Å². The van der Waals surface area contributed by atoms with Gasteiger partial charge in [-0.25, -0.2) is 0 Å². The second-order valence-electron chi connectivity index (χ2n) is 2.72. The molecule has 0 heterocycles. The van der Waals surface area contributed by atoms with Crippen molar-refractivity contribution in [2.45, 2.75) is 19.4 Å². The van der Waals surface area contributed by atoms with Crippen molar-refractivity contribution in [1.29, 1.82) is 0 Å². The Hall–Kier alpha value is 0.430. The molecule has 0 bridgehead atoms. The molecular weight excluding hydrogens is 317 g/mol. The molecule has 0 saturated carbocycles. The largest absolute Gasteiger partial charge is 0.324 e. The van der Waals surface area contributed by atoms with Gasteiger partial charge in [-0.1, -0.05) is 38.8 Å². The van der Waals surface area contributed by atoms with Crippen LogP contribution in [0, 0.1) is 0 Å². The van der Waals surface area contributed by atoms with Crippen molar-refractivity contribution >= 4 is 44.3 Å². The molecule has 1 aromatic carbocycles. The van der Waals surface area contributed by atoms with Gasteiger partial charge in [0.15, 0.2) is 0 Å². The standard InChI is InChI=1S/C9H11Br2N.ClH/c1-2-9(12)6-3-7(10)5-8(11)4-6;/h3-5,9H,2,12H2,1H3;1H/t9-;/m0./s1. The van der Waals surface area contributed by atoms with E-state index in [0.717, 1.165) is 15.4 Å². The topological polar surface area (TPSA) is 26.0 Å². The van der Waals surface area contributed by atoms with Gasteiger partial charge in [-0.3, -0.25) is 0 Å². The number of nitrogens with two attached hydrogens (primary N) is 1. The van der Waals surface area contributed by atoms with Gasteiger partial charge in [0.25, 0.3) is 0 Å². The first-order chi connectivity index (χ1) is 5.63. The number of rotatable bonds is 2. The van der Waals surface area contributed by atoms with Gasteiger partial charge < -0.3 is 5.73 Å². The Morgan fingerprint density at radius 3 is 2.08 bits per heavy atom. The quantitative estimate of drug-likeness (QED) is 0.870. The van der Waals surface area contributed by atoms with Crippen LogP contribution in [0.15, 0.2) is 27.1 Å². The predicted molar refractivity (Wildman–Crippen MR) is 66.3 cm³/mol. The summed E-state index contributed by atoms with van der Waals surface area (Å²) in [5, 5.41) is 0. The van der Waals surface area contributed by atoms with E-state index < -0.39 is 0 Å². The average Bonchev–Trinajstić information content (AvgIpc) is 2.01. The Morgan fingerprint density at radius 1 is 1.23 bits per heavy atom. The van der Waals surface area contributed by atoms with E-state index in [0.29, 0.717) is 0 Å². The third-order valence-corrected chi connectivity index (χ3v) is 2.67. The third kappa shape index (κ3) is 3.98. The van der Waals surface area contributed by atoms with Crippen molar-refractivity contribution in [3.8, 4) is 0 Å². The molecule has 0 aromatic heterocycles. The van der Waals surface area contributed by atoms with Gasteiger partial charge in [-0.05, 0) is 30.2 Å². The highest BCUT2D eigenvalue weighted by molar-refractivity contribution is 9.11. The highest BCUT2D eigenvalue weighted by atomic mass is 79.9. The minimum absolute atomic E-state index is 0. The zero-order chi connectivity index (χ0) is 9.14. The molecular formula is C9H12Br2ClN. The molecule has 4 heteroatoms. The van der Waals surface area contributed by atoms with Crippen molar-refractivity contribution in [2.24, 2.45) is 5.73 Å². The second-order valence-corrected chi connectivity index (χ2v) is 4.55. The van der Waals surface area contributed by atoms with E-state index >= 15 is 0 Å². The van der Waals surface area contributed by atoms with E-state index in [1.165, 1.54) is 5.56 Å². The summed E-state index contributed by atoms with van der Waals surface area (Å²) < 4.78 is 2.13. The lowest BCUT2D eigenvalue weighted by atomic mass is 10.1. The van der Waals surface area contributed by atoms with E-state index in [1.54, 1.807) is 0 Å². The van der Waals surface area contributed by atoms with Gasteiger partial charge in [0.05, 0.1) is 0 Å². The molecule has 13 heavy (non-hydrogen) atoms. The summed E-state index contributed by atoms with van der Waals surface area (Å²) in [4.78, 5) is 0. The Morgan fingerprint density at radius 2 is 1.69 bits per heavy atom. The van der Waals surface area contributed by atoms with Crippen LogP contribution in [0.25, 0.3) is 0 Å². The van der Waals surface area contributed by atoms with Gasteiger partial charge in [0.1, 0.15) is 0 Å². The molecule has 0 aliphatic rings. The van der Waals surface area contributed by atoms with Crippen LogP contribution in [0.5, 0.6) is 0 Å². The van der Waals surface area contributed by atoms with Gasteiger partial charge >= 0.3 is 0 Å². The highest BCUT2D eigenvalue weighted by Crippen LogP contribution is 2.24. The van der Waals surface area contributed by atoms with Crippen molar-refractivity contribution in [1.82, 2.24) is 0 Å². The fourth-order valence-electron chi connectivity index (χ4n) is 1.02. The van der Waals surface area contributed by atoms with E-state index in [4.69, 9.17) is 5.73 Å². The minimum Gasteiger partial charge on any atom is -0.324 e. The first-order valence-electron chi connectivity index (χ1n) is 3.85. The lowest BCUT2D eigenvalue weighted by Gasteiger charge is -2.09. The number of hydrogen-bond donors (Lipinski definition) is 1. The molecule has 0 fully saturated rings. The van der Waals surface area contributed by atoms with Crippen LogP contribution in [0.3, 0.4) is 0 Å². The highest BCUT2D eigenvalue weighted by Gasteiger charge is 2.04. The van der Waals surface area contributed by atoms with Crippen LogP contribution >= 0.6 is 44.3 Å². The van der Waals surface area contributed by atoms with Crippen LogP contribution in [0.4, 0.5) is 0 Å². The van der Waals surface area contributed by atoms with E-state index in [2.05, 4.69) is 50.9 Å². The van der Waals surface area contributed by atoms with E-state index in [1.807, 2.05) is 6.07 Å². The van der Waals surface area contributed by atoms with E-state index in [-0.39, 0.29) is 18.4 Å². The average molecular weight is 329 g/mol. The monoisotopic (exact) mass is 327 g/mol. The van der Waals surface area contributed by atoms with E-state index in [9.17, 15) is 0 Å². The predicted octanol–water partition coefficient (Wildman–Crippen LogP) is 4.04. The fraction of sp³-hybridized carbons (Fsp3) is 0.333. The van der Waals surface area contributed by atoms with Crippen LogP contribution in [-0.4, -0.2) is 0 Å². The Labute approximate surface area is 102 Å². The molecule has 1 atom stereocenters. The molecule has 0 amide bonds. The lowest BCUT2D eigenvalue weighted by molar-refractivity contribution is 0.698. The number of benzene rings is 1. The van der Waals surface area contributed by atoms with Gasteiger partial charge in [0.2, 0.25) is 0 Å². The van der Waals surface area contributed by atoms with Gasteiger partial charge in [-0.15, -0.1) is 12.4 Å². The van der Waals surface area contributed by atoms with Crippen molar-refractivity contribution < 1.29 is 0 Å². The summed E-state index contributed by atoms with van der Waals surface area (Å²) in [6.45, 7) is 2.08. The maximum absolute atomic E-state index is 5.89. The molecule has 2 N–H and O–H groups in total. The van der Waals surface area contributed by atoms with Crippen LogP contribution < -0.4 is 5.73 Å². The zero-order valence-corrected chi connectivity index (χ0v) is 11.2. The number of halogens is 3. The molecule has 0 radical (unpaired) electrons. The summed E-state index contributed by atoms with van der Waals surface area (Å²) in [5.41, 5.74) is 7.06. The summed E-state index contributed by atoms with van der Waals surface area (Å²) in [6, 6.07) is 6.25. The van der Waals surface area contributed by atoms with Gasteiger partial charge in [0, 0.05) is 15.0 Å². The molecule has 1 rings (SSSR count). The molecule has 0 spiro atoms. The maximum Gasteiger partial charge on any atom is 0.0292 e. The Bertz CT molecular complexity index is 258. The van der Waals surface area contributed by atoms with Crippen LogP contribution in [0.1, 0.15) is 24.9 Å². The van der Waals surface area contributed by atoms with Gasteiger partial charge in [-0.2, -0.15) is 0 Å². The SMILES string of the molecule is CC[C@H](N)c1cc(Br)cc(Br)c1.Cl. The van der Waals surface area contributed by atoms with Crippen molar-refractivity contribution in [3.63, 3.8) is 0 Å². The molecule has 1 nitrogen and oxygen atoms in total. The first kappa shape index (κ1) is 13.4. The second kappa shape index (κ2) is 6.02. The summed E-state index contributed by atoms with van der Waals surface area (Å²) in [5.74, 6) is 0. The van der Waals surface area contributed by atoms with Crippen LogP contribution in [0.2, 0.25) is 0 Å². The lowest BCUT2D eigenvalue weighted by Crippen LogP contribution is -2.08. The summed E-state index contributed by atoms with van der Waals surface area (Å²) >= 11 is 6.85. The zero-order valence-electron chi connectivity index (χ0n) is 7.26. The molecule has 0 unspecified atom stereocenters. The molecule has 0 aliphatic carbocycles. The Balaban J connectivity index is 0.00000144.